The number of rotatable bonds is 4. The predicted molar refractivity (Wildman–Crippen MR) is 78.5 cm³/mol. The molecule has 1 aromatic carbocycles. The van der Waals surface area contributed by atoms with Gasteiger partial charge in [-0.05, 0) is 24.5 Å². The topological polar surface area (TPSA) is 42.9 Å². The highest BCUT2D eigenvalue weighted by Gasteiger charge is 2.12. The van der Waals surface area contributed by atoms with Crippen molar-refractivity contribution in [3.05, 3.63) is 41.6 Å². The Morgan fingerprint density at radius 1 is 1.26 bits per heavy atom. The average Bonchev–Trinajstić information content (AvgIpc) is 2.40. The van der Waals surface area contributed by atoms with Crippen LogP contribution in [0.15, 0.2) is 35.6 Å². The van der Waals surface area contributed by atoms with Crippen LogP contribution in [0.4, 0.5) is 0 Å². The number of benzene rings is 1. The molecule has 0 spiro atoms. The fourth-order valence-electron chi connectivity index (χ4n) is 2.05. The van der Waals surface area contributed by atoms with Gasteiger partial charge in [-0.15, -0.1) is 0 Å². The van der Waals surface area contributed by atoms with Gasteiger partial charge in [0, 0.05) is 18.0 Å². The molecule has 3 nitrogen and oxygen atoms in total. The normalized spacial score (nSPS) is 12.4. The first-order valence-corrected chi connectivity index (χ1v) is 7.94. The van der Waals surface area contributed by atoms with Gasteiger partial charge in [-0.25, -0.2) is 9.97 Å². The molecule has 0 aliphatic heterocycles. The summed E-state index contributed by atoms with van der Waals surface area (Å²) in [4.78, 5) is 8.71. The van der Waals surface area contributed by atoms with Crippen LogP contribution in [-0.4, -0.2) is 20.4 Å². The van der Waals surface area contributed by atoms with Crippen LogP contribution in [0.5, 0.6) is 0 Å². The second-order valence-electron chi connectivity index (χ2n) is 4.55. The van der Waals surface area contributed by atoms with Gasteiger partial charge in [0.15, 0.2) is 0 Å². The molecule has 100 valence electrons. The van der Waals surface area contributed by atoms with Crippen LogP contribution in [-0.2, 0) is 17.2 Å². The highest BCUT2D eigenvalue weighted by Crippen LogP contribution is 2.25. The third-order valence-electron chi connectivity index (χ3n) is 3.02. The lowest BCUT2D eigenvalue weighted by Crippen LogP contribution is -2.03. The maximum atomic E-state index is 11.6. The van der Waals surface area contributed by atoms with E-state index in [1.807, 2.05) is 18.3 Å². The first kappa shape index (κ1) is 13.9. The minimum Gasteiger partial charge on any atom is -0.251 e. The lowest BCUT2D eigenvalue weighted by atomic mass is 10.0. The molecule has 1 heterocycles. The minimum absolute atomic E-state index is 0.401. The zero-order valence-corrected chi connectivity index (χ0v) is 12.3. The van der Waals surface area contributed by atoms with Crippen molar-refractivity contribution in [3.8, 4) is 11.3 Å². The van der Waals surface area contributed by atoms with Crippen molar-refractivity contribution in [2.45, 2.75) is 31.8 Å². The summed E-state index contributed by atoms with van der Waals surface area (Å²) < 4.78 is 11.6. The number of aryl methyl sites for hydroxylation is 2. The molecule has 1 aromatic heterocycles. The van der Waals surface area contributed by atoms with Crippen molar-refractivity contribution in [2.75, 3.05) is 6.26 Å². The van der Waals surface area contributed by atoms with Crippen LogP contribution in [0.1, 0.15) is 24.5 Å². The van der Waals surface area contributed by atoms with E-state index in [-0.39, 0.29) is 0 Å². The highest BCUT2D eigenvalue weighted by atomic mass is 32.2. The van der Waals surface area contributed by atoms with Crippen molar-refractivity contribution in [1.82, 2.24) is 9.97 Å². The Morgan fingerprint density at radius 3 is 2.63 bits per heavy atom. The van der Waals surface area contributed by atoms with Gasteiger partial charge in [-0.1, -0.05) is 37.6 Å². The van der Waals surface area contributed by atoms with Crippen molar-refractivity contribution in [3.63, 3.8) is 0 Å². The summed E-state index contributed by atoms with van der Waals surface area (Å²) in [7, 11) is -1.15. The summed E-state index contributed by atoms with van der Waals surface area (Å²) in [6, 6.07) is 8.14. The molecule has 0 radical (unpaired) electrons. The molecule has 1 unspecified atom stereocenters. The van der Waals surface area contributed by atoms with E-state index in [9.17, 15) is 4.21 Å². The van der Waals surface area contributed by atoms with E-state index in [0.717, 1.165) is 29.7 Å². The summed E-state index contributed by atoms with van der Waals surface area (Å²) in [5.74, 6) is 0. The number of nitrogens with zero attached hydrogens (tertiary/aromatic N) is 2. The fraction of sp³-hybridized carbons (Fsp3) is 0.333. The Bertz CT molecular complexity index is 611. The molecular formula is C15H18N2OS. The smallest absolute Gasteiger partial charge is 0.218 e. The first-order chi connectivity index (χ1) is 9.13. The van der Waals surface area contributed by atoms with Gasteiger partial charge in [-0.2, -0.15) is 0 Å². The van der Waals surface area contributed by atoms with Gasteiger partial charge in [0.1, 0.15) is 0 Å². The molecule has 0 amide bonds. The molecule has 0 aliphatic carbocycles. The van der Waals surface area contributed by atoms with Gasteiger partial charge < -0.3 is 0 Å². The predicted octanol–water partition coefficient (Wildman–Crippen LogP) is 3.14. The standard InChI is InChI=1S/C15H18N2OS/c1-4-7-12-10-16-15(19(3)18)17-14(12)13-9-6-5-8-11(13)2/h5-6,8-10H,4,7H2,1-3H3. The Morgan fingerprint density at radius 2 is 2.00 bits per heavy atom. The molecule has 0 N–H and O–H groups in total. The molecular weight excluding hydrogens is 256 g/mol. The van der Waals surface area contributed by atoms with E-state index >= 15 is 0 Å². The van der Waals surface area contributed by atoms with Gasteiger partial charge in [-0.3, -0.25) is 4.21 Å². The first-order valence-electron chi connectivity index (χ1n) is 6.38. The average molecular weight is 274 g/mol. The molecule has 2 aromatic rings. The molecule has 19 heavy (non-hydrogen) atoms. The summed E-state index contributed by atoms with van der Waals surface area (Å²) >= 11 is 0. The Kier molecular flexibility index (Phi) is 4.43. The van der Waals surface area contributed by atoms with Crippen molar-refractivity contribution in [2.24, 2.45) is 0 Å². The quantitative estimate of drug-likeness (QED) is 0.804. The lowest BCUT2D eigenvalue weighted by molar-refractivity contribution is 0.679. The van der Waals surface area contributed by atoms with Crippen LogP contribution >= 0.6 is 0 Å². The number of aromatic nitrogens is 2. The summed E-state index contributed by atoms with van der Waals surface area (Å²) in [6.07, 6.45) is 5.39. The van der Waals surface area contributed by atoms with Crippen LogP contribution in [0.25, 0.3) is 11.3 Å². The van der Waals surface area contributed by atoms with E-state index in [0.29, 0.717) is 5.16 Å². The van der Waals surface area contributed by atoms with Gasteiger partial charge in [0.25, 0.3) is 0 Å². The molecule has 0 saturated heterocycles. The lowest BCUT2D eigenvalue weighted by Gasteiger charge is -2.11. The third kappa shape index (κ3) is 3.07. The van der Waals surface area contributed by atoms with Crippen molar-refractivity contribution < 1.29 is 4.21 Å². The summed E-state index contributed by atoms with van der Waals surface area (Å²) in [5, 5.41) is 0.401. The zero-order chi connectivity index (χ0) is 13.8. The summed E-state index contributed by atoms with van der Waals surface area (Å²) in [5.41, 5.74) is 4.30. The van der Waals surface area contributed by atoms with E-state index in [1.165, 1.54) is 5.56 Å². The number of hydrogen-bond donors (Lipinski definition) is 0. The third-order valence-corrected chi connectivity index (χ3v) is 3.73. The maximum Gasteiger partial charge on any atom is 0.218 e. The van der Waals surface area contributed by atoms with Gasteiger partial charge in [0.05, 0.1) is 16.5 Å². The molecule has 0 aliphatic rings. The molecule has 1 atom stereocenters. The summed E-state index contributed by atoms with van der Waals surface area (Å²) in [6.45, 7) is 4.20. The highest BCUT2D eigenvalue weighted by molar-refractivity contribution is 7.84. The Balaban J connectivity index is 2.61. The second-order valence-corrected chi connectivity index (χ2v) is 5.82. The monoisotopic (exact) mass is 274 g/mol. The van der Waals surface area contributed by atoms with Crippen molar-refractivity contribution >= 4 is 10.8 Å². The van der Waals surface area contributed by atoms with Crippen LogP contribution in [0.3, 0.4) is 0 Å². The van der Waals surface area contributed by atoms with Crippen LogP contribution in [0, 0.1) is 6.92 Å². The van der Waals surface area contributed by atoms with E-state index < -0.39 is 10.8 Å². The Hall–Kier alpha value is -1.55. The van der Waals surface area contributed by atoms with Crippen LogP contribution < -0.4 is 0 Å². The van der Waals surface area contributed by atoms with Crippen LogP contribution in [0.2, 0.25) is 0 Å². The second kappa shape index (κ2) is 6.06. The largest absolute Gasteiger partial charge is 0.251 e. The van der Waals surface area contributed by atoms with Gasteiger partial charge in [0.2, 0.25) is 5.16 Å². The van der Waals surface area contributed by atoms with E-state index in [1.54, 1.807) is 6.26 Å². The number of hydrogen-bond acceptors (Lipinski definition) is 3. The zero-order valence-electron chi connectivity index (χ0n) is 11.5. The Labute approximate surface area is 116 Å². The molecule has 0 bridgehead atoms. The molecule has 4 heteroatoms. The SMILES string of the molecule is CCCc1cnc(S(C)=O)nc1-c1ccccc1C. The maximum absolute atomic E-state index is 11.6. The van der Waals surface area contributed by atoms with E-state index in [4.69, 9.17) is 0 Å². The molecule has 2 rings (SSSR count). The van der Waals surface area contributed by atoms with Crippen molar-refractivity contribution in [1.29, 1.82) is 0 Å². The van der Waals surface area contributed by atoms with Gasteiger partial charge >= 0.3 is 0 Å². The molecule has 0 saturated carbocycles. The fourth-order valence-corrected chi connectivity index (χ4v) is 2.47. The molecule has 0 fully saturated rings. The minimum atomic E-state index is -1.15. The van der Waals surface area contributed by atoms with E-state index in [2.05, 4.69) is 35.9 Å².